The van der Waals surface area contributed by atoms with Crippen LogP contribution in [0.3, 0.4) is 0 Å². The molecule has 0 aliphatic heterocycles. The summed E-state index contributed by atoms with van der Waals surface area (Å²) >= 11 is 0. The van der Waals surface area contributed by atoms with Crippen molar-refractivity contribution in [1.29, 1.82) is 0 Å². The highest BCUT2D eigenvalue weighted by molar-refractivity contribution is 6.26. The maximum Gasteiger partial charge on any atom is 0.0725 e. The van der Waals surface area contributed by atoms with Gasteiger partial charge >= 0.3 is 0 Å². The van der Waals surface area contributed by atoms with Gasteiger partial charge in [0, 0.05) is 10.8 Å². The molecule has 5 aliphatic carbocycles. The number of rotatable bonds is 2. The zero-order valence-corrected chi connectivity index (χ0v) is 39.3. The second-order valence-electron chi connectivity index (χ2n) is 21.5. The molecule has 1 atom stereocenters. The zero-order chi connectivity index (χ0) is 45.4. The lowest BCUT2D eigenvalue weighted by atomic mass is 9.70. The molecule has 0 heteroatoms. The zero-order valence-electron chi connectivity index (χ0n) is 39.3. The number of allylic oxidation sites excluding steroid dienone is 4. The maximum absolute atomic E-state index is 2.63. The first kappa shape index (κ1) is 38.6. The molecule has 1 unspecified atom stereocenters. The Morgan fingerprint density at radius 3 is 1.49 bits per heavy atom. The SMILES string of the molecule is CC1C=CC2=C(C1)c1c(cc(-c3c4ccccc4c(-c4ccc5c(c4)C4(c6ccccc6-c6ccccc64)c4ccccc4-5)c4ccccc34)c3ccc4c(c13)-c1ccccc1C4(C)C)C2(C)C. The Morgan fingerprint density at radius 1 is 0.368 bits per heavy atom. The molecule has 68 heavy (non-hydrogen) atoms. The van der Waals surface area contributed by atoms with Gasteiger partial charge in [-0.05, 0) is 168 Å². The monoisotopic (exact) mass is 866 g/mol. The van der Waals surface area contributed by atoms with Gasteiger partial charge in [0.05, 0.1) is 5.41 Å². The standard InChI is InChI=1S/C68H50/c1-39-30-34-54-52(36-39)64-60(67(54,4)5)38-51(49-33-35-58-63(65(49)64)50-25-13-14-26-53(50)66(58,2)3)62-47-23-8-6-21-45(47)61(46-22-7-9-24-48(46)62)40-31-32-44-43-20-12-17-29-57(43)68(59(44)37-40)55-27-15-10-18-41(55)42-19-11-16-28-56(42)68/h6-35,37-39H,36H2,1-5H3. The molecule has 0 bridgehead atoms. The van der Waals surface area contributed by atoms with Crippen molar-refractivity contribution in [1.82, 2.24) is 0 Å². The normalized spacial score (nSPS) is 17.8. The summed E-state index contributed by atoms with van der Waals surface area (Å²) in [6, 6.07) is 70.3. The summed E-state index contributed by atoms with van der Waals surface area (Å²) in [5, 5.41) is 7.94. The second-order valence-corrected chi connectivity index (χ2v) is 21.5. The van der Waals surface area contributed by atoms with Crippen LogP contribution >= 0.6 is 0 Å². The summed E-state index contributed by atoms with van der Waals surface area (Å²) in [5.41, 5.74) is 27.0. The summed E-state index contributed by atoms with van der Waals surface area (Å²) in [7, 11) is 0. The molecular formula is C68H50. The van der Waals surface area contributed by atoms with Gasteiger partial charge in [-0.25, -0.2) is 0 Å². The van der Waals surface area contributed by atoms with Crippen LogP contribution in [0.25, 0.3) is 93.5 Å². The summed E-state index contributed by atoms with van der Waals surface area (Å²) in [4.78, 5) is 0. The van der Waals surface area contributed by atoms with Crippen molar-refractivity contribution in [2.24, 2.45) is 5.92 Å². The number of hydrogen-bond donors (Lipinski definition) is 0. The van der Waals surface area contributed by atoms with Crippen LogP contribution in [0, 0.1) is 5.92 Å². The third kappa shape index (κ3) is 4.57. The smallest absolute Gasteiger partial charge is 0.0725 e. The van der Waals surface area contributed by atoms with E-state index in [1.807, 2.05) is 0 Å². The first-order valence-corrected chi connectivity index (χ1v) is 24.7. The highest BCUT2D eigenvalue weighted by Gasteiger charge is 2.52. The van der Waals surface area contributed by atoms with Crippen molar-refractivity contribution in [2.75, 3.05) is 0 Å². The van der Waals surface area contributed by atoms with E-state index in [1.165, 1.54) is 138 Å². The molecule has 0 saturated carbocycles. The van der Waals surface area contributed by atoms with Gasteiger partial charge in [-0.15, -0.1) is 0 Å². The third-order valence-corrected chi connectivity index (χ3v) is 17.4. The topological polar surface area (TPSA) is 0 Å². The first-order chi connectivity index (χ1) is 33.2. The van der Waals surface area contributed by atoms with Crippen molar-refractivity contribution in [3.8, 4) is 55.6 Å². The molecule has 0 aromatic heterocycles. The van der Waals surface area contributed by atoms with E-state index < -0.39 is 5.41 Å². The molecule has 0 heterocycles. The Bertz CT molecular complexity index is 3890. The summed E-state index contributed by atoms with van der Waals surface area (Å²) < 4.78 is 0. The van der Waals surface area contributed by atoms with Gasteiger partial charge in [-0.3, -0.25) is 0 Å². The predicted octanol–water partition coefficient (Wildman–Crippen LogP) is 17.8. The van der Waals surface area contributed by atoms with E-state index >= 15 is 0 Å². The third-order valence-electron chi connectivity index (χ3n) is 17.4. The van der Waals surface area contributed by atoms with E-state index in [1.54, 1.807) is 5.57 Å². The van der Waals surface area contributed by atoms with Crippen LogP contribution in [0.2, 0.25) is 0 Å². The first-order valence-electron chi connectivity index (χ1n) is 24.7. The Balaban J connectivity index is 1.04. The maximum atomic E-state index is 2.63. The summed E-state index contributed by atoms with van der Waals surface area (Å²) in [5.74, 6) is 0.493. The van der Waals surface area contributed by atoms with E-state index in [4.69, 9.17) is 0 Å². The van der Waals surface area contributed by atoms with Crippen LogP contribution in [0.4, 0.5) is 0 Å². The van der Waals surface area contributed by atoms with Crippen molar-refractivity contribution < 1.29 is 0 Å². The minimum absolute atomic E-state index is 0.104. The van der Waals surface area contributed by atoms with Gasteiger partial charge in [0.15, 0.2) is 0 Å². The average Bonchev–Trinajstić information content (AvgIpc) is 4.00. The van der Waals surface area contributed by atoms with Crippen LogP contribution in [-0.2, 0) is 16.2 Å². The molecular weight excluding hydrogens is 817 g/mol. The van der Waals surface area contributed by atoms with E-state index in [0.29, 0.717) is 5.92 Å². The highest BCUT2D eigenvalue weighted by atomic mass is 14.5. The molecule has 0 amide bonds. The lowest BCUT2D eigenvalue weighted by Gasteiger charge is -2.31. The molecule has 5 aliphatic rings. The van der Waals surface area contributed by atoms with Crippen LogP contribution in [0.1, 0.15) is 85.5 Å². The van der Waals surface area contributed by atoms with Crippen LogP contribution < -0.4 is 0 Å². The van der Waals surface area contributed by atoms with Crippen LogP contribution in [0.15, 0.2) is 200 Å². The van der Waals surface area contributed by atoms with Crippen molar-refractivity contribution in [3.05, 3.63) is 244 Å². The Hall–Kier alpha value is -7.54. The van der Waals surface area contributed by atoms with Gasteiger partial charge in [0.25, 0.3) is 0 Å². The summed E-state index contributed by atoms with van der Waals surface area (Å²) in [6.45, 7) is 12.2. The van der Waals surface area contributed by atoms with Gasteiger partial charge in [-0.2, -0.15) is 0 Å². The fourth-order valence-corrected chi connectivity index (χ4v) is 14.5. The van der Waals surface area contributed by atoms with Gasteiger partial charge in [0.2, 0.25) is 0 Å². The Morgan fingerprint density at radius 2 is 0.882 bits per heavy atom. The minimum Gasteiger partial charge on any atom is -0.0810 e. The molecule has 0 fully saturated rings. The van der Waals surface area contributed by atoms with Crippen molar-refractivity contribution in [2.45, 2.75) is 57.3 Å². The van der Waals surface area contributed by atoms with Gasteiger partial charge in [0.1, 0.15) is 0 Å². The average molecular weight is 867 g/mol. The largest absolute Gasteiger partial charge is 0.0810 e. The Labute approximate surface area is 399 Å². The quantitative estimate of drug-likeness (QED) is 0.152. The summed E-state index contributed by atoms with van der Waals surface area (Å²) in [6.07, 6.45) is 5.98. The van der Waals surface area contributed by atoms with Gasteiger partial charge in [-0.1, -0.05) is 217 Å². The fraction of sp³-hybridized carbons (Fsp3) is 0.147. The van der Waals surface area contributed by atoms with E-state index in [-0.39, 0.29) is 10.8 Å². The van der Waals surface area contributed by atoms with E-state index in [0.717, 1.165) is 6.42 Å². The second kappa shape index (κ2) is 13.1. The van der Waals surface area contributed by atoms with E-state index in [9.17, 15) is 0 Å². The van der Waals surface area contributed by atoms with Crippen molar-refractivity contribution in [3.63, 3.8) is 0 Å². The molecule has 0 N–H and O–H groups in total. The predicted molar refractivity (Wildman–Crippen MR) is 287 cm³/mol. The molecule has 10 aromatic rings. The molecule has 15 rings (SSSR count). The lowest BCUT2D eigenvalue weighted by molar-refractivity contribution is 0.643. The molecule has 0 saturated heterocycles. The van der Waals surface area contributed by atoms with E-state index in [2.05, 4.69) is 229 Å². The molecule has 322 valence electrons. The molecule has 1 spiro atoms. The number of fused-ring (bicyclic) bond motifs is 20. The Kier molecular flexibility index (Phi) is 7.44. The molecule has 10 aromatic carbocycles. The lowest BCUT2D eigenvalue weighted by Crippen LogP contribution is -2.25. The molecule has 0 nitrogen and oxygen atoms in total. The number of hydrogen-bond acceptors (Lipinski definition) is 0. The van der Waals surface area contributed by atoms with Crippen LogP contribution in [-0.4, -0.2) is 0 Å². The fourth-order valence-electron chi connectivity index (χ4n) is 14.5. The minimum atomic E-state index is -0.412. The van der Waals surface area contributed by atoms with Crippen LogP contribution in [0.5, 0.6) is 0 Å². The molecule has 0 radical (unpaired) electrons. The van der Waals surface area contributed by atoms with Gasteiger partial charge < -0.3 is 0 Å². The highest BCUT2D eigenvalue weighted by Crippen LogP contribution is 2.64. The van der Waals surface area contributed by atoms with Crippen molar-refractivity contribution >= 4 is 37.9 Å². The number of benzene rings is 10.